The van der Waals surface area contributed by atoms with Gasteiger partial charge in [0.1, 0.15) is 10.6 Å². The van der Waals surface area contributed by atoms with Crippen LogP contribution in [0.3, 0.4) is 0 Å². The Kier molecular flexibility index (Phi) is 6.95. The second-order valence-corrected chi connectivity index (χ2v) is 8.97. The maximum atomic E-state index is 13.0. The first-order chi connectivity index (χ1) is 14.7. The van der Waals surface area contributed by atoms with Crippen LogP contribution >= 0.6 is 11.3 Å². The van der Waals surface area contributed by atoms with Crippen molar-refractivity contribution in [2.24, 2.45) is 11.8 Å². The van der Waals surface area contributed by atoms with E-state index >= 15 is 0 Å². The van der Waals surface area contributed by atoms with Gasteiger partial charge in [0, 0.05) is 22.3 Å². The standard InChI is InChI=1S/C24H27NO5S/c1-5-30-24(29)20-19(18-12-13(2)10-11-14(18)3)15(4)31-22(20)25-21(26)16-8-6-7-9-17(16)23(27)28/h6-7,10-12,16-17H,5,8-9H2,1-4H3,(H,25,26)(H,27,28)/p-1/t16-,17+/m0/s1. The van der Waals surface area contributed by atoms with Gasteiger partial charge >= 0.3 is 5.97 Å². The highest BCUT2D eigenvalue weighted by molar-refractivity contribution is 7.17. The highest BCUT2D eigenvalue weighted by Gasteiger charge is 2.32. The van der Waals surface area contributed by atoms with Crippen LogP contribution in [-0.2, 0) is 14.3 Å². The molecule has 1 aromatic heterocycles. The monoisotopic (exact) mass is 440 g/mol. The van der Waals surface area contributed by atoms with Crippen molar-refractivity contribution in [1.29, 1.82) is 0 Å². The SMILES string of the molecule is CCOC(=O)c1c(NC(=O)[C@H]2CC=CC[C@H]2C(=O)[O-])sc(C)c1-c1cc(C)ccc1C. The third-order valence-electron chi connectivity index (χ3n) is 5.53. The first-order valence-corrected chi connectivity index (χ1v) is 11.1. The number of benzene rings is 1. The maximum absolute atomic E-state index is 13.0. The molecule has 1 amide bonds. The fourth-order valence-corrected chi connectivity index (χ4v) is 4.99. The fraction of sp³-hybridized carbons (Fsp3) is 0.375. The minimum Gasteiger partial charge on any atom is -0.550 e. The number of carboxylic acids is 1. The molecule has 6 nitrogen and oxygen atoms in total. The van der Waals surface area contributed by atoms with Crippen LogP contribution in [0.15, 0.2) is 30.4 Å². The summed E-state index contributed by atoms with van der Waals surface area (Å²) in [6.07, 6.45) is 4.12. The van der Waals surface area contributed by atoms with E-state index in [1.165, 1.54) is 11.3 Å². The van der Waals surface area contributed by atoms with E-state index in [1.54, 1.807) is 19.1 Å². The minimum atomic E-state index is -1.24. The summed E-state index contributed by atoms with van der Waals surface area (Å²) in [6, 6.07) is 6.01. The predicted molar refractivity (Wildman–Crippen MR) is 119 cm³/mol. The van der Waals surface area contributed by atoms with Crippen molar-refractivity contribution in [3.63, 3.8) is 0 Å². The number of ether oxygens (including phenoxy) is 1. The van der Waals surface area contributed by atoms with E-state index in [9.17, 15) is 19.5 Å². The number of anilines is 1. The summed E-state index contributed by atoms with van der Waals surface area (Å²) >= 11 is 1.29. The molecule has 1 aliphatic rings. The summed E-state index contributed by atoms with van der Waals surface area (Å²) in [6.45, 7) is 7.78. The molecular formula is C24H26NO5S-. The summed E-state index contributed by atoms with van der Waals surface area (Å²) in [4.78, 5) is 38.3. The number of aryl methyl sites for hydroxylation is 3. The number of allylic oxidation sites excluding steroid dienone is 2. The van der Waals surface area contributed by atoms with Crippen molar-refractivity contribution in [1.82, 2.24) is 0 Å². The predicted octanol–water partition coefficient (Wildman–Crippen LogP) is 3.79. The summed E-state index contributed by atoms with van der Waals surface area (Å²) < 4.78 is 5.30. The lowest BCUT2D eigenvalue weighted by Gasteiger charge is -2.28. The zero-order chi connectivity index (χ0) is 22.7. The van der Waals surface area contributed by atoms with E-state index in [0.29, 0.717) is 17.0 Å². The van der Waals surface area contributed by atoms with Crippen LogP contribution in [-0.4, -0.2) is 24.5 Å². The third kappa shape index (κ3) is 4.71. The molecule has 1 heterocycles. The van der Waals surface area contributed by atoms with Crippen molar-refractivity contribution < 1.29 is 24.2 Å². The summed E-state index contributed by atoms with van der Waals surface area (Å²) in [5.41, 5.74) is 4.01. The Hall–Kier alpha value is -2.93. The lowest BCUT2D eigenvalue weighted by Crippen LogP contribution is -2.41. The minimum absolute atomic E-state index is 0.202. The van der Waals surface area contributed by atoms with Gasteiger partial charge in [0.15, 0.2) is 0 Å². The van der Waals surface area contributed by atoms with Crippen molar-refractivity contribution in [2.45, 2.75) is 40.5 Å². The van der Waals surface area contributed by atoms with Crippen molar-refractivity contribution in [3.8, 4) is 11.1 Å². The van der Waals surface area contributed by atoms with E-state index in [4.69, 9.17) is 4.74 Å². The molecule has 2 aromatic rings. The molecule has 1 aliphatic carbocycles. The number of nitrogens with one attached hydrogen (secondary N) is 1. The summed E-state index contributed by atoms with van der Waals surface area (Å²) in [5, 5.41) is 14.7. The molecule has 0 spiro atoms. The molecule has 3 rings (SSSR count). The largest absolute Gasteiger partial charge is 0.550 e. The normalized spacial score (nSPS) is 17.9. The number of amides is 1. The van der Waals surface area contributed by atoms with Crippen LogP contribution < -0.4 is 10.4 Å². The van der Waals surface area contributed by atoms with Crippen LogP contribution in [0.25, 0.3) is 11.1 Å². The molecule has 164 valence electrons. The van der Waals surface area contributed by atoms with Gasteiger partial charge in [-0.25, -0.2) is 4.79 Å². The second-order valence-electron chi connectivity index (χ2n) is 7.74. The van der Waals surface area contributed by atoms with Gasteiger partial charge in [-0.3, -0.25) is 4.79 Å². The molecular weight excluding hydrogens is 414 g/mol. The molecule has 0 saturated carbocycles. The first kappa shape index (κ1) is 22.7. The quantitative estimate of drug-likeness (QED) is 0.545. The van der Waals surface area contributed by atoms with E-state index in [2.05, 4.69) is 5.32 Å². The van der Waals surface area contributed by atoms with Gasteiger partial charge < -0.3 is 20.0 Å². The van der Waals surface area contributed by atoms with E-state index < -0.39 is 29.7 Å². The number of esters is 1. The summed E-state index contributed by atoms with van der Waals surface area (Å²) in [5.74, 6) is -3.84. The second kappa shape index (κ2) is 9.47. The average Bonchev–Trinajstić information content (AvgIpc) is 3.05. The smallest absolute Gasteiger partial charge is 0.341 e. The maximum Gasteiger partial charge on any atom is 0.341 e. The van der Waals surface area contributed by atoms with Crippen molar-refractivity contribution in [3.05, 3.63) is 51.9 Å². The Labute approximate surface area is 185 Å². The molecule has 0 radical (unpaired) electrons. The number of carboxylic acid groups (broad SMARTS) is 1. The molecule has 0 fully saturated rings. The Morgan fingerprint density at radius 3 is 2.45 bits per heavy atom. The number of carbonyl (C=O) groups is 3. The molecule has 0 aliphatic heterocycles. The Morgan fingerprint density at radius 2 is 1.81 bits per heavy atom. The van der Waals surface area contributed by atoms with E-state index in [-0.39, 0.29) is 13.0 Å². The molecule has 31 heavy (non-hydrogen) atoms. The van der Waals surface area contributed by atoms with Gasteiger partial charge in [-0.15, -0.1) is 11.3 Å². The molecule has 0 saturated heterocycles. The Morgan fingerprint density at radius 1 is 1.13 bits per heavy atom. The average molecular weight is 441 g/mol. The van der Waals surface area contributed by atoms with Gasteiger partial charge in [0.05, 0.1) is 12.5 Å². The van der Waals surface area contributed by atoms with Gasteiger partial charge in [-0.1, -0.05) is 35.9 Å². The number of aliphatic carboxylic acids is 1. The van der Waals surface area contributed by atoms with Crippen LogP contribution in [0.5, 0.6) is 0 Å². The lowest BCUT2D eigenvalue weighted by atomic mass is 9.82. The molecule has 1 N–H and O–H groups in total. The van der Waals surface area contributed by atoms with Crippen molar-refractivity contribution >= 4 is 34.2 Å². The Bertz CT molecular complexity index is 1050. The van der Waals surface area contributed by atoms with Gasteiger partial charge in [-0.05, 0) is 51.7 Å². The van der Waals surface area contributed by atoms with Crippen LogP contribution in [0, 0.1) is 32.6 Å². The molecule has 7 heteroatoms. The molecule has 0 unspecified atom stereocenters. The molecule has 2 atom stereocenters. The van der Waals surface area contributed by atoms with Gasteiger partial charge in [0.25, 0.3) is 0 Å². The van der Waals surface area contributed by atoms with Gasteiger partial charge in [0.2, 0.25) is 5.91 Å². The zero-order valence-electron chi connectivity index (χ0n) is 18.1. The lowest BCUT2D eigenvalue weighted by molar-refractivity contribution is -0.313. The Balaban J connectivity index is 2.05. The zero-order valence-corrected chi connectivity index (χ0v) is 18.9. The first-order valence-electron chi connectivity index (χ1n) is 10.3. The van der Waals surface area contributed by atoms with Crippen LogP contribution in [0.4, 0.5) is 5.00 Å². The van der Waals surface area contributed by atoms with E-state index in [0.717, 1.165) is 27.1 Å². The number of hydrogen-bond donors (Lipinski definition) is 1. The highest BCUT2D eigenvalue weighted by atomic mass is 32.1. The summed E-state index contributed by atoms with van der Waals surface area (Å²) in [7, 11) is 0. The highest BCUT2D eigenvalue weighted by Crippen LogP contribution is 2.42. The molecule has 1 aromatic carbocycles. The van der Waals surface area contributed by atoms with Gasteiger partial charge in [-0.2, -0.15) is 0 Å². The molecule has 0 bridgehead atoms. The number of carbonyl (C=O) groups excluding carboxylic acids is 3. The fourth-order valence-electron chi connectivity index (χ4n) is 3.93. The van der Waals surface area contributed by atoms with Crippen LogP contribution in [0.1, 0.15) is 46.1 Å². The number of hydrogen-bond acceptors (Lipinski definition) is 6. The van der Waals surface area contributed by atoms with E-state index in [1.807, 2.05) is 39.0 Å². The van der Waals surface area contributed by atoms with Crippen LogP contribution in [0.2, 0.25) is 0 Å². The third-order valence-corrected chi connectivity index (χ3v) is 6.56. The topological polar surface area (TPSA) is 95.5 Å². The number of rotatable bonds is 6. The number of thiophene rings is 1. The van der Waals surface area contributed by atoms with Crippen molar-refractivity contribution in [2.75, 3.05) is 11.9 Å².